The summed E-state index contributed by atoms with van der Waals surface area (Å²) in [5, 5.41) is 3.62. The Balaban J connectivity index is 2.76. The zero-order valence-corrected chi connectivity index (χ0v) is 13.5. The molecule has 0 aromatic heterocycles. The van der Waals surface area contributed by atoms with Crippen molar-refractivity contribution < 1.29 is 0 Å². The molecule has 0 heterocycles. The lowest BCUT2D eigenvalue weighted by atomic mass is 9.98. The van der Waals surface area contributed by atoms with Gasteiger partial charge in [0.2, 0.25) is 0 Å². The second-order valence-electron chi connectivity index (χ2n) is 5.89. The Morgan fingerprint density at radius 3 is 2.16 bits per heavy atom. The van der Waals surface area contributed by atoms with Crippen molar-refractivity contribution >= 4 is 0 Å². The highest BCUT2D eigenvalue weighted by atomic mass is 15.1. The summed E-state index contributed by atoms with van der Waals surface area (Å²) in [5.41, 5.74) is 4.14. The largest absolute Gasteiger partial charge is 0.310 e. The zero-order chi connectivity index (χ0) is 14.4. The highest BCUT2D eigenvalue weighted by Gasteiger charge is 2.13. The first-order valence-electron chi connectivity index (χ1n) is 7.45. The van der Waals surface area contributed by atoms with E-state index in [4.69, 9.17) is 0 Å². The molecule has 1 atom stereocenters. The average Bonchev–Trinajstić information content (AvgIpc) is 2.32. The summed E-state index contributed by atoms with van der Waals surface area (Å²) in [4.78, 5) is 2.41. The second-order valence-corrected chi connectivity index (χ2v) is 5.89. The molecule has 2 nitrogen and oxygen atoms in total. The van der Waals surface area contributed by atoms with Crippen LogP contribution in [0.25, 0.3) is 0 Å². The molecule has 0 aliphatic heterocycles. The smallest absolute Gasteiger partial charge is 0.0332 e. The lowest BCUT2D eigenvalue weighted by Crippen LogP contribution is -2.31. The molecular formula is C17H30N2. The maximum absolute atomic E-state index is 3.62. The van der Waals surface area contributed by atoms with Crippen molar-refractivity contribution in [3.63, 3.8) is 0 Å². The van der Waals surface area contributed by atoms with Gasteiger partial charge in [0.25, 0.3) is 0 Å². The lowest BCUT2D eigenvalue weighted by Gasteiger charge is -2.25. The third-order valence-corrected chi connectivity index (χ3v) is 3.75. The third-order valence-electron chi connectivity index (χ3n) is 3.75. The maximum Gasteiger partial charge on any atom is 0.0332 e. The molecule has 108 valence electrons. The van der Waals surface area contributed by atoms with Gasteiger partial charge in [0.15, 0.2) is 0 Å². The number of nitrogens with one attached hydrogen (secondary N) is 1. The topological polar surface area (TPSA) is 15.3 Å². The second kappa shape index (κ2) is 7.66. The van der Waals surface area contributed by atoms with Crippen LogP contribution in [0, 0.1) is 13.8 Å². The summed E-state index contributed by atoms with van der Waals surface area (Å²) >= 11 is 0. The zero-order valence-electron chi connectivity index (χ0n) is 13.5. The number of hydrogen-bond acceptors (Lipinski definition) is 2. The number of hydrogen-bond donors (Lipinski definition) is 1. The minimum absolute atomic E-state index is 0.463. The molecule has 0 saturated heterocycles. The first-order chi connectivity index (χ1) is 8.93. The highest BCUT2D eigenvalue weighted by molar-refractivity contribution is 5.30. The molecule has 1 rings (SSSR count). The molecule has 1 aromatic rings. The van der Waals surface area contributed by atoms with E-state index >= 15 is 0 Å². The molecule has 1 aromatic carbocycles. The van der Waals surface area contributed by atoms with E-state index in [9.17, 15) is 0 Å². The van der Waals surface area contributed by atoms with E-state index in [1.807, 2.05) is 0 Å². The van der Waals surface area contributed by atoms with Crippen molar-refractivity contribution in [2.24, 2.45) is 0 Å². The molecule has 0 saturated carbocycles. The summed E-state index contributed by atoms with van der Waals surface area (Å²) < 4.78 is 0. The maximum atomic E-state index is 3.62. The lowest BCUT2D eigenvalue weighted by molar-refractivity contribution is 0.257. The molecule has 0 spiro atoms. The Bertz CT molecular complexity index is 365. The van der Waals surface area contributed by atoms with E-state index in [0.717, 1.165) is 19.5 Å². The summed E-state index contributed by atoms with van der Waals surface area (Å²) in [6.45, 7) is 13.2. The summed E-state index contributed by atoms with van der Waals surface area (Å²) in [7, 11) is 2.20. The van der Waals surface area contributed by atoms with E-state index in [1.165, 1.54) is 16.7 Å². The van der Waals surface area contributed by atoms with Gasteiger partial charge in [-0.25, -0.2) is 0 Å². The fourth-order valence-electron chi connectivity index (χ4n) is 2.43. The monoisotopic (exact) mass is 262 g/mol. The van der Waals surface area contributed by atoms with Crippen LogP contribution in [0.2, 0.25) is 0 Å². The van der Waals surface area contributed by atoms with Gasteiger partial charge in [-0.15, -0.1) is 0 Å². The minimum atomic E-state index is 0.463. The van der Waals surface area contributed by atoms with Gasteiger partial charge in [0.05, 0.1) is 0 Å². The first-order valence-corrected chi connectivity index (χ1v) is 7.45. The van der Waals surface area contributed by atoms with Crippen molar-refractivity contribution in [2.75, 3.05) is 20.1 Å². The van der Waals surface area contributed by atoms with Crippen LogP contribution in [-0.2, 0) is 0 Å². The number of benzene rings is 1. The Hall–Kier alpha value is -0.860. The molecular weight excluding hydrogens is 232 g/mol. The predicted molar refractivity (Wildman–Crippen MR) is 84.7 cm³/mol. The fraction of sp³-hybridized carbons (Fsp3) is 0.647. The molecule has 1 N–H and O–H groups in total. The Labute approximate surface area is 119 Å². The van der Waals surface area contributed by atoms with E-state index < -0.39 is 0 Å². The van der Waals surface area contributed by atoms with Crippen LogP contribution >= 0.6 is 0 Å². The van der Waals surface area contributed by atoms with Crippen molar-refractivity contribution in [2.45, 2.75) is 53.1 Å². The van der Waals surface area contributed by atoms with Crippen molar-refractivity contribution in [3.8, 4) is 0 Å². The minimum Gasteiger partial charge on any atom is -0.310 e. The molecule has 0 aliphatic rings. The van der Waals surface area contributed by atoms with E-state index in [-0.39, 0.29) is 0 Å². The molecule has 1 unspecified atom stereocenters. The van der Waals surface area contributed by atoms with Crippen LogP contribution in [0.3, 0.4) is 0 Å². The summed E-state index contributed by atoms with van der Waals surface area (Å²) in [6.07, 6.45) is 1.16. The van der Waals surface area contributed by atoms with Crippen LogP contribution < -0.4 is 5.32 Å². The molecule has 0 bridgehead atoms. The molecule has 0 amide bonds. The van der Waals surface area contributed by atoms with Crippen molar-refractivity contribution in [1.29, 1.82) is 0 Å². The molecule has 19 heavy (non-hydrogen) atoms. The van der Waals surface area contributed by atoms with Gasteiger partial charge in [0.1, 0.15) is 0 Å². The van der Waals surface area contributed by atoms with Gasteiger partial charge in [-0.2, -0.15) is 0 Å². The molecule has 0 radical (unpaired) electrons. The normalized spacial score (nSPS) is 13.3. The van der Waals surface area contributed by atoms with Crippen LogP contribution in [0.5, 0.6) is 0 Å². The third kappa shape index (κ3) is 5.33. The quantitative estimate of drug-likeness (QED) is 0.806. The van der Waals surface area contributed by atoms with E-state index in [2.05, 4.69) is 70.1 Å². The highest BCUT2D eigenvalue weighted by Crippen LogP contribution is 2.20. The number of nitrogens with zero attached hydrogens (tertiary/aromatic N) is 1. The Morgan fingerprint density at radius 2 is 1.68 bits per heavy atom. The van der Waals surface area contributed by atoms with Crippen molar-refractivity contribution in [3.05, 3.63) is 34.9 Å². The van der Waals surface area contributed by atoms with Crippen LogP contribution in [0.4, 0.5) is 0 Å². The van der Waals surface area contributed by atoms with Gasteiger partial charge in [-0.05, 0) is 59.8 Å². The van der Waals surface area contributed by atoms with Crippen LogP contribution in [-0.4, -0.2) is 31.1 Å². The molecule has 2 heteroatoms. The van der Waals surface area contributed by atoms with Gasteiger partial charge in [-0.3, -0.25) is 0 Å². The van der Waals surface area contributed by atoms with Crippen LogP contribution in [0.15, 0.2) is 18.2 Å². The first kappa shape index (κ1) is 16.2. The Kier molecular flexibility index (Phi) is 6.53. The fourth-order valence-corrected chi connectivity index (χ4v) is 2.43. The number of aryl methyl sites for hydroxylation is 2. The summed E-state index contributed by atoms with van der Waals surface area (Å²) in [6, 6.07) is 7.95. The van der Waals surface area contributed by atoms with Gasteiger partial charge in [0, 0.05) is 12.1 Å². The van der Waals surface area contributed by atoms with Crippen LogP contribution in [0.1, 0.15) is 49.9 Å². The standard InChI is InChI=1S/C17H30N2/c1-7-18-17(8-9-19(6)13(2)3)16-11-14(4)10-15(5)12-16/h10-13,17-18H,7-9H2,1-6H3. The molecule has 0 aliphatic carbocycles. The summed E-state index contributed by atoms with van der Waals surface area (Å²) in [5.74, 6) is 0. The van der Waals surface area contributed by atoms with Gasteiger partial charge < -0.3 is 10.2 Å². The van der Waals surface area contributed by atoms with Gasteiger partial charge in [-0.1, -0.05) is 36.2 Å². The van der Waals surface area contributed by atoms with E-state index in [0.29, 0.717) is 12.1 Å². The van der Waals surface area contributed by atoms with Crippen molar-refractivity contribution in [1.82, 2.24) is 10.2 Å². The Morgan fingerprint density at radius 1 is 1.11 bits per heavy atom. The van der Waals surface area contributed by atoms with Gasteiger partial charge >= 0.3 is 0 Å². The number of rotatable bonds is 7. The van der Waals surface area contributed by atoms with E-state index in [1.54, 1.807) is 0 Å². The average molecular weight is 262 g/mol. The SMILES string of the molecule is CCNC(CCN(C)C(C)C)c1cc(C)cc(C)c1. The molecule has 0 fully saturated rings. The predicted octanol–water partition coefficient (Wildman–Crippen LogP) is 3.68.